The average Bonchev–Trinajstić information content (AvgIpc) is 2.01. The van der Waals surface area contributed by atoms with E-state index >= 15 is 0 Å². The summed E-state index contributed by atoms with van der Waals surface area (Å²) in [6.45, 7) is 10.4. The molecule has 0 aromatic carbocycles. The first-order valence-electron chi connectivity index (χ1n) is 3.59. The third-order valence-corrected chi connectivity index (χ3v) is 1.01. The zero-order valence-corrected chi connectivity index (χ0v) is 7.96. The zero-order chi connectivity index (χ0) is 9.98. The lowest BCUT2D eigenvalue weighted by Gasteiger charge is -2.11. The van der Waals surface area contributed by atoms with Crippen LogP contribution in [0.3, 0.4) is 0 Å². The second-order valence-corrected chi connectivity index (χ2v) is 2.16. The number of allylic oxidation sites excluding steroid dienone is 3. The van der Waals surface area contributed by atoms with E-state index in [1.54, 1.807) is 12.2 Å². The van der Waals surface area contributed by atoms with Crippen LogP contribution in [0, 0.1) is 0 Å². The molecule has 12 heavy (non-hydrogen) atoms. The number of rotatable bonds is 3. The summed E-state index contributed by atoms with van der Waals surface area (Å²) in [6, 6.07) is 0. The Morgan fingerprint density at radius 3 is 1.75 bits per heavy atom. The molecule has 0 saturated heterocycles. The number of hydrogen-bond acceptors (Lipinski definition) is 2. The van der Waals surface area contributed by atoms with Crippen LogP contribution in [0.1, 0.15) is 0 Å². The summed E-state index contributed by atoms with van der Waals surface area (Å²) in [5.41, 5.74) is 5.69. The Morgan fingerprint density at radius 2 is 1.67 bits per heavy atom. The van der Waals surface area contributed by atoms with Crippen LogP contribution < -0.4 is 5.73 Å². The number of likely N-dealkylation sites (N-methyl/N-ethyl adjacent to an activating group) is 1. The van der Waals surface area contributed by atoms with Crippen LogP contribution in [0.5, 0.6) is 0 Å². The van der Waals surface area contributed by atoms with E-state index in [9.17, 15) is 0 Å². The Kier molecular flexibility index (Phi) is 10.5. The highest BCUT2D eigenvalue weighted by atomic mass is 15.1. The summed E-state index contributed by atoms with van der Waals surface area (Å²) < 4.78 is 0. The van der Waals surface area contributed by atoms with Gasteiger partial charge >= 0.3 is 0 Å². The molecule has 0 aromatic heterocycles. The van der Waals surface area contributed by atoms with Gasteiger partial charge in [0.1, 0.15) is 0 Å². The Morgan fingerprint density at radius 1 is 1.25 bits per heavy atom. The van der Waals surface area contributed by atoms with Crippen molar-refractivity contribution in [1.82, 2.24) is 4.90 Å². The largest absolute Gasteiger partial charge is 0.405 e. The maximum atomic E-state index is 4.61. The third-order valence-electron chi connectivity index (χ3n) is 1.01. The smallest absolute Gasteiger partial charge is 0.0354 e. The quantitative estimate of drug-likeness (QED) is 0.649. The van der Waals surface area contributed by atoms with Crippen molar-refractivity contribution in [1.29, 1.82) is 0 Å². The van der Waals surface area contributed by atoms with E-state index in [4.69, 9.17) is 0 Å². The topological polar surface area (TPSA) is 29.3 Å². The second-order valence-electron chi connectivity index (χ2n) is 2.16. The van der Waals surface area contributed by atoms with Crippen LogP contribution in [0.2, 0.25) is 0 Å². The van der Waals surface area contributed by atoms with Gasteiger partial charge in [0.05, 0.1) is 0 Å². The maximum absolute atomic E-state index is 4.61. The fourth-order valence-corrected chi connectivity index (χ4v) is 0.520. The molecule has 0 fully saturated rings. The summed E-state index contributed by atoms with van der Waals surface area (Å²) in [5, 5.41) is 0. The van der Waals surface area contributed by atoms with E-state index in [-0.39, 0.29) is 0 Å². The molecule has 0 saturated carbocycles. The predicted molar refractivity (Wildman–Crippen MR) is 56.5 cm³/mol. The summed E-state index contributed by atoms with van der Waals surface area (Å²) in [4.78, 5) is 1.98. The van der Waals surface area contributed by atoms with Gasteiger partial charge in [-0.2, -0.15) is 0 Å². The molecule has 0 radical (unpaired) electrons. The highest BCUT2D eigenvalue weighted by molar-refractivity contribution is 5.18. The third kappa shape index (κ3) is 8.56. The van der Waals surface area contributed by atoms with Gasteiger partial charge in [-0.3, -0.25) is 0 Å². The molecule has 0 heterocycles. The summed E-state index contributed by atoms with van der Waals surface area (Å²) >= 11 is 0. The zero-order valence-electron chi connectivity index (χ0n) is 7.96. The Labute approximate surface area is 75.4 Å². The summed E-state index contributed by atoms with van der Waals surface area (Å²) in [7, 11) is 3.94. The molecule has 0 atom stereocenters. The molecule has 2 heteroatoms. The van der Waals surface area contributed by atoms with E-state index in [1.807, 2.05) is 25.1 Å². The maximum Gasteiger partial charge on any atom is 0.0354 e. The molecular weight excluding hydrogens is 148 g/mol. The summed E-state index contributed by atoms with van der Waals surface area (Å²) in [6.07, 6.45) is 6.70. The van der Waals surface area contributed by atoms with Gasteiger partial charge in [0, 0.05) is 19.8 Å². The lowest BCUT2D eigenvalue weighted by Crippen LogP contribution is -2.08. The fourth-order valence-electron chi connectivity index (χ4n) is 0.520. The van der Waals surface area contributed by atoms with E-state index in [0.717, 1.165) is 5.70 Å². The average molecular weight is 166 g/mol. The Hall–Kier alpha value is -1.44. The molecule has 0 spiro atoms. The minimum atomic E-state index is 1.07. The number of nitrogens with two attached hydrogens (primary N) is 1. The normalized spacial score (nSPS) is 9.00. The highest BCUT2D eigenvalue weighted by Crippen LogP contribution is 1.97. The van der Waals surface area contributed by atoms with Crippen molar-refractivity contribution < 1.29 is 0 Å². The van der Waals surface area contributed by atoms with Gasteiger partial charge in [-0.15, -0.1) is 0 Å². The van der Waals surface area contributed by atoms with Crippen LogP contribution in [0.4, 0.5) is 0 Å². The van der Waals surface area contributed by atoms with Gasteiger partial charge in [0.2, 0.25) is 0 Å². The molecule has 0 amide bonds. The highest BCUT2D eigenvalue weighted by Gasteiger charge is 1.87. The first-order valence-corrected chi connectivity index (χ1v) is 3.59. The first kappa shape index (κ1) is 13.2. The van der Waals surface area contributed by atoms with Crippen molar-refractivity contribution in [3.63, 3.8) is 0 Å². The predicted octanol–water partition coefficient (Wildman–Crippen LogP) is 1.89. The van der Waals surface area contributed by atoms with Gasteiger partial charge < -0.3 is 10.6 Å². The molecule has 0 aliphatic carbocycles. The molecule has 2 N–H and O–H groups in total. The second kappa shape index (κ2) is 9.56. The molecule has 0 aliphatic rings. The number of nitrogens with zero attached hydrogens (tertiary/aromatic N) is 1. The van der Waals surface area contributed by atoms with Crippen molar-refractivity contribution in [2.24, 2.45) is 5.73 Å². The van der Waals surface area contributed by atoms with Crippen molar-refractivity contribution in [2.75, 3.05) is 14.1 Å². The van der Waals surface area contributed by atoms with Crippen LogP contribution in [0.25, 0.3) is 0 Å². The van der Waals surface area contributed by atoms with Crippen LogP contribution in [0.15, 0.2) is 49.9 Å². The Bertz CT molecular complexity index is 167. The molecule has 0 rings (SSSR count). The molecule has 0 aliphatic heterocycles. The molecular formula is C10H18N2. The van der Waals surface area contributed by atoms with E-state index < -0.39 is 0 Å². The SMILES string of the molecule is C=C/C=C(\C=C)N(C)C.C=CN. The van der Waals surface area contributed by atoms with Crippen LogP contribution in [-0.2, 0) is 0 Å². The van der Waals surface area contributed by atoms with E-state index in [2.05, 4.69) is 25.5 Å². The minimum absolute atomic E-state index is 1.07. The van der Waals surface area contributed by atoms with Gasteiger partial charge in [0.25, 0.3) is 0 Å². The summed E-state index contributed by atoms with van der Waals surface area (Å²) in [5.74, 6) is 0. The molecule has 0 bridgehead atoms. The van der Waals surface area contributed by atoms with E-state index in [0.29, 0.717) is 0 Å². The molecule has 0 aromatic rings. The minimum Gasteiger partial charge on any atom is -0.405 e. The van der Waals surface area contributed by atoms with Crippen LogP contribution >= 0.6 is 0 Å². The monoisotopic (exact) mass is 166 g/mol. The first-order chi connectivity index (χ1) is 5.63. The lowest BCUT2D eigenvalue weighted by atomic mass is 10.3. The molecule has 68 valence electrons. The Balaban J connectivity index is 0. The lowest BCUT2D eigenvalue weighted by molar-refractivity contribution is 0.530. The van der Waals surface area contributed by atoms with Crippen molar-refractivity contribution in [2.45, 2.75) is 0 Å². The van der Waals surface area contributed by atoms with Crippen molar-refractivity contribution >= 4 is 0 Å². The van der Waals surface area contributed by atoms with Gasteiger partial charge in [-0.05, 0) is 18.4 Å². The van der Waals surface area contributed by atoms with E-state index in [1.165, 1.54) is 6.20 Å². The van der Waals surface area contributed by atoms with Crippen molar-refractivity contribution in [3.05, 3.63) is 49.9 Å². The van der Waals surface area contributed by atoms with Gasteiger partial charge in [0.15, 0.2) is 0 Å². The van der Waals surface area contributed by atoms with Crippen LogP contribution in [-0.4, -0.2) is 19.0 Å². The standard InChI is InChI=1S/C8H13N.C2H5N/c1-5-7-8(6-2)9(3)4;1-2-3/h5-7H,1-2H2,3-4H3;2H,1,3H2/b8-7+;. The fraction of sp³-hybridized carbons (Fsp3) is 0.200. The van der Waals surface area contributed by atoms with Crippen molar-refractivity contribution in [3.8, 4) is 0 Å². The number of hydrogen-bond donors (Lipinski definition) is 1. The molecule has 0 unspecified atom stereocenters. The van der Waals surface area contributed by atoms with Gasteiger partial charge in [-0.1, -0.05) is 25.8 Å². The molecule has 2 nitrogen and oxygen atoms in total. The van der Waals surface area contributed by atoms with Gasteiger partial charge in [-0.25, -0.2) is 0 Å².